The Morgan fingerprint density at radius 3 is 2.60 bits per heavy atom. The van der Waals surface area contributed by atoms with Crippen LogP contribution in [0.3, 0.4) is 0 Å². The predicted molar refractivity (Wildman–Crippen MR) is 66.6 cm³/mol. The first kappa shape index (κ1) is 10.9. The van der Waals surface area contributed by atoms with Gasteiger partial charge >= 0.3 is 0 Å². The monoisotopic (exact) mass is 225 g/mol. The van der Waals surface area contributed by atoms with Crippen molar-refractivity contribution >= 4 is 23.0 Å². The van der Waals surface area contributed by atoms with Gasteiger partial charge in [-0.2, -0.15) is 5.10 Å². The van der Waals surface area contributed by atoms with E-state index >= 15 is 0 Å². The van der Waals surface area contributed by atoms with E-state index in [1.807, 2.05) is 0 Å². The van der Waals surface area contributed by atoms with Gasteiger partial charge in [0.05, 0.1) is 0 Å². The first-order valence-corrected chi connectivity index (χ1v) is 5.91. The Morgan fingerprint density at radius 1 is 1.53 bits per heavy atom. The maximum absolute atomic E-state index is 5.39. The largest absolute Gasteiger partial charge is 0.375 e. The summed E-state index contributed by atoms with van der Waals surface area (Å²) in [6, 6.07) is 0. The molecule has 0 aliphatic heterocycles. The molecule has 0 unspecified atom stereocenters. The van der Waals surface area contributed by atoms with Gasteiger partial charge in [0.1, 0.15) is 0 Å². The molecule has 0 aromatic heterocycles. The maximum Gasteiger partial charge on any atom is 0.184 e. The highest BCUT2D eigenvalue weighted by Crippen LogP contribution is 2.63. The number of hydrogen-bond donors (Lipinski definition) is 2. The molecule has 2 aliphatic carbocycles. The van der Waals surface area contributed by atoms with Gasteiger partial charge in [-0.3, -0.25) is 5.43 Å². The molecule has 0 saturated heterocycles. The highest BCUT2D eigenvalue weighted by Gasteiger charge is 2.59. The van der Waals surface area contributed by atoms with E-state index in [2.05, 4.69) is 31.3 Å². The van der Waals surface area contributed by atoms with Crippen molar-refractivity contribution in [3.05, 3.63) is 0 Å². The number of nitrogens with zero attached hydrogens (tertiary/aromatic N) is 1. The third-order valence-corrected chi connectivity index (χ3v) is 4.90. The van der Waals surface area contributed by atoms with E-state index in [4.69, 9.17) is 18.0 Å². The molecule has 4 heteroatoms. The Bertz CT molecular complexity index is 335. The van der Waals surface area contributed by atoms with Gasteiger partial charge in [-0.1, -0.05) is 20.8 Å². The molecule has 2 atom stereocenters. The Balaban J connectivity index is 2.26. The molecule has 2 saturated carbocycles. The fraction of sp³-hybridized carbons (Fsp3) is 0.818. The fourth-order valence-corrected chi connectivity index (χ4v) is 3.27. The number of hydrogen-bond acceptors (Lipinski definition) is 2. The van der Waals surface area contributed by atoms with Gasteiger partial charge in [-0.25, -0.2) is 0 Å². The molecule has 2 aliphatic rings. The van der Waals surface area contributed by atoms with Gasteiger partial charge in [0.2, 0.25) is 0 Å². The summed E-state index contributed by atoms with van der Waals surface area (Å²) < 4.78 is 0. The second-order valence-electron chi connectivity index (χ2n) is 5.53. The molecule has 15 heavy (non-hydrogen) atoms. The predicted octanol–water partition coefficient (Wildman–Crippen LogP) is 2.02. The van der Waals surface area contributed by atoms with Crippen LogP contribution >= 0.6 is 12.2 Å². The third kappa shape index (κ3) is 1.38. The normalized spacial score (nSPS) is 39.7. The van der Waals surface area contributed by atoms with E-state index in [0.29, 0.717) is 5.41 Å². The van der Waals surface area contributed by atoms with E-state index in [-0.39, 0.29) is 10.5 Å². The number of rotatable bonds is 1. The lowest BCUT2D eigenvalue weighted by Gasteiger charge is -2.34. The maximum atomic E-state index is 5.39. The topological polar surface area (TPSA) is 50.4 Å². The number of fused-ring (bicyclic) bond motifs is 2. The molecule has 0 heterocycles. The summed E-state index contributed by atoms with van der Waals surface area (Å²) in [5, 5.41) is 4.63. The Hall–Kier alpha value is -0.640. The molecule has 2 bridgehead atoms. The van der Waals surface area contributed by atoms with Gasteiger partial charge in [0.15, 0.2) is 5.11 Å². The molecule has 0 radical (unpaired) electrons. The molecule has 3 N–H and O–H groups in total. The minimum Gasteiger partial charge on any atom is -0.375 e. The minimum absolute atomic E-state index is 0.232. The second-order valence-corrected chi connectivity index (χ2v) is 5.97. The van der Waals surface area contributed by atoms with Crippen molar-refractivity contribution in [1.82, 2.24) is 5.43 Å². The van der Waals surface area contributed by atoms with Crippen LogP contribution in [0.2, 0.25) is 0 Å². The molecule has 3 nitrogen and oxygen atoms in total. The molecule has 0 amide bonds. The molecule has 2 fully saturated rings. The zero-order valence-corrected chi connectivity index (χ0v) is 10.4. The number of nitrogens with two attached hydrogens (primary N) is 1. The highest BCUT2D eigenvalue weighted by atomic mass is 32.1. The van der Waals surface area contributed by atoms with Crippen LogP contribution in [-0.4, -0.2) is 10.8 Å². The van der Waals surface area contributed by atoms with Crippen LogP contribution in [0.4, 0.5) is 0 Å². The van der Waals surface area contributed by atoms with Gasteiger partial charge in [0.25, 0.3) is 0 Å². The van der Waals surface area contributed by atoms with E-state index in [9.17, 15) is 0 Å². The Labute approximate surface area is 96.5 Å². The van der Waals surface area contributed by atoms with Crippen LogP contribution in [0, 0.1) is 16.7 Å². The third-order valence-electron chi connectivity index (χ3n) is 4.81. The summed E-state index contributed by atoms with van der Waals surface area (Å²) >= 11 is 4.77. The van der Waals surface area contributed by atoms with Crippen molar-refractivity contribution in [3.63, 3.8) is 0 Å². The van der Waals surface area contributed by atoms with E-state index < -0.39 is 0 Å². The van der Waals surface area contributed by atoms with Crippen LogP contribution in [-0.2, 0) is 0 Å². The fourth-order valence-electron chi connectivity index (χ4n) is 3.22. The van der Waals surface area contributed by atoms with Crippen LogP contribution in [0.25, 0.3) is 0 Å². The van der Waals surface area contributed by atoms with E-state index in [1.54, 1.807) is 0 Å². The van der Waals surface area contributed by atoms with Crippen molar-refractivity contribution in [3.8, 4) is 0 Å². The summed E-state index contributed by atoms with van der Waals surface area (Å²) in [4.78, 5) is 0. The minimum atomic E-state index is 0.232. The van der Waals surface area contributed by atoms with Crippen LogP contribution in [0.15, 0.2) is 5.10 Å². The molecule has 0 aromatic rings. The smallest absolute Gasteiger partial charge is 0.184 e. The summed E-state index contributed by atoms with van der Waals surface area (Å²) in [6.07, 6.45) is 3.66. The molecule has 0 aromatic carbocycles. The molecular formula is C11H19N3S. The van der Waals surface area contributed by atoms with Crippen molar-refractivity contribution in [2.45, 2.75) is 40.0 Å². The Kier molecular flexibility index (Phi) is 2.30. The van der Waals surface area contributed by atoms with Crippen LogP contribution < -0.4 is 11.2 Å². The quantitative estimate of drug-likeness (QED) is 0.530. The number of nitrogens with one attached hydrogen (secondary N) is 1. The number of hydrazone groups is 1. The lowest BCUT2D eigenvalue weighted by molar-refractivity contribution is 0.193. The lowest BCUT2D eigenvalue weighted by atomic mass is 9.70. The zero-order chi connectivity index (χ0) is 11.3. The standard InChI is InChI=1S/C11H19N3S/c1-10(2)7-4-5-11(10,3)8(6-7)13-14-9(12)15/h7H,4-6H2,1-3H3,(H3,12,14,15)/t7-,11-/m1/s1. The second kappa shape index (κ2) is 3.17. The van der Waals surface area contributed by atoms with Crippen LogP contribution in [0.5, 0.6) is 0 Å². The first-order valence-electron chi connectivity index (χ1n) is 5.50. The van der Waals surface area contributed by atoms with Crippen molar-refractivity contribution < 1.29 is 0 Å². The molecule has 84 valence electrons. The average Bonchev–Trinajstić information content (AvgIpc) is 2.46. The van der Waals surface area contributed by atoms with Crippen molar-refractivity contribution in [1.29, 1.82) is 0 Å². The highest BCUT2D eigenvalue weighted by molar-refractivity contribution is 7.80. The first-order chi connectivity index (χ1) is 6.88. The van der Waals surface area contributed by atoms with Gasteiger partial charge in [-0.05, 0) is 42.8 Å². The van der Waals surface area contributed by atoms with Gasteiger partial charge in [-0.15, -0.1) is 0 Å². The van der Waals surface area contributed by atoms with Crippen LogP contribution in [0.1, 0.15) is 40.0 Å². The van der Waals surface area contributed by atoms with E-state index in [0.717, 1.165) is 12.3 Å². The molecular weight excluding hydrogens is 206 g/mol. The van der Waals surface area contributed by atoms with Gasteiger partial charge in [0, 0.05) is 11.1 Å². The van der Waals surface area contributed by atoms with Crippen molar-refractivity contribution in [2.24, 2.45) is 27.6 Å². The summed E-state index contributed by atoms with van der Waals surface area (Å²) in [5.41, 5.74) is 9.97. The number of thiocarbonyl (C=S) groups is 1. The lowest BCUT2D eigenvalue weighted by Crippen LogP contribution is -2.35. The van der Waals surface area contributed by atoms with E-state index in [1.165, 1.54) is 18.6 Å². The van der Waals surface area contributed by atoms with Crippen molar-refractivity contribution in [2.75, 3.05) is 0 Å². The zero-order valence-electron chi connectivity index (χ0n) is 9.63. The molecule has 2 rings (SSSR count). The Morgan fingerprint density at radius 2 is 2.20 bits per heavy atom. The summed E-state index contributed by atoms with van der Waals surface area (Å²) in [7, 11) is 0. The average molecular weight is 225 g/mol. The summed E-state index contributed by atoms with van der Waals surface area (Å²) in [5.74, 6) is 0.773. The molecule has 0 spiro atoms. The SMILES string of the molecule is CC1(C)[C@@H]2CC[C@]1(C)C(=NNC(N)=S)C2. The van der Waals surface area contributed by atoms with Gasteiger partial charge < -0.3 is 5.73 Å². The summed E-state index contributed by atoms with van der Waals surface area (Å²) in [6.45, 7) is 7.03.